The number of hydrogen-bond acceptors (Lipinski definition) is 4. The molecule has 0 amide bonds. The average molecular weight is 280 g/mol. The molecular formula is C15H24N2O3. The molecule has 0 bridgehead atoms. The third-order valence-corrected chi connectivity index (χ3v) is 2.80. The van der Waals surface area contributed by atoms with Gasteiger partial charge < -0.3 is 10.1 Å². The van der Waals surface area contributed by atoms with Crippen molar-refractivity contribution in [3.05, 3.63) is 33.9 Å². The molecule has 0 heterocycles. The van der Waals surface area contributed by atoms with Crippen LogP contribution in [0.4, 0.5) is 5.69 Å². The number of hydrogen-bond donors (Lipinski definition) is 1. The summed E-state index contributed by atoms with van der Waals surface area (Å²) >= 11 is 0. The standard InChI is InChI=1S/C15H24N2O3/c1-5-6-9-20-14-8-7-12(10-13(14)17(18)19)11-16-15(2,3)4/h7-8,10,16H,5-6,9,11H2,1-4H3. The molecule has 1 aromatic carbocycles. The fourth-order valence-electron chi connectivity index (χ4n) is 1.63. The summed E-state index contributed by atoms with van der Waals surface area (Å²) in [6.45, 7) is 9.34. The molecule has 1 aromatic rings. The zero-order chi connectivity index (χ0) is 15.2. The van der Waals surface area contributed by atoms with E-state index in [1.54, 1.807) is 12.1 Å². The van der Waals surface area contributed by atoms with Crippen molar-refractivity contribution in [1.29, 1.82) is 0 Å². The van der Waals surface area contributed by atoms with Gasteiger partial charge in [0.1, 0.15) is 0 Å². The Morgan fingerprint density at radius 3 is 2.60 bits per heavy atom. The molecule has 20 heavy (non-hydrogen) atoms. The summed E-state index contributed by atoms with van der Waals surface area (Å²) in [6, 6.07) is 5.14. The highest BCUT2D eigenvalue weighted by molar-refractivity contribution is 5.48. The van der Waals surface area contributed by atoms with Gasteiger partial charge in [-0.3, -0.25) is 10.1 Å². The molecule has 0 aliphatic rings. The largest absolute Gasteiger partial charge is 0.487 e. The molecule has 0 atom stereocenters. The highest BCUT2D eigenvalue weighted by Gasteiger charge is 2.17. The summed E-state index contributed by atoms with van der Waals surface area (Å²) in [5.41, 5.74) is 0.897. The Morgan fingerprint density at radius 1 is 1.35 bits per heavy atom. The SMILES string of the molecule is CCCCOc1ccc(CNC(C)(C)C)cc1[N+](=O)[O-]. The molecule has 1 rings (SSSR count). The minimum Gasteiger partial charge on any atom is -0.487 e. The van der Waals surface area contributed by atoms with Gasteiger partial charge in [-0.1, -0.05) is 19.4 Å². The van der Waals surface area contributed by atoms with Gasteiger partial charge in [0.2, 0.25) is 0 Å². The summed E-state index contributed by atoms with van der Waals surface area (Å²) in [5.74, 6) is 0.350. The predicted molar refractivity (Wildman–Crippen MR) is 80.1 cm³/mol. The topological polar surface area (TPSA) is 64.4 Å². The van der Waals surface area contributed by atoms with E-state index in [-0.39, 0.29) is 16.1 Å². The Balaban J connectivity index is 2.81. The second-order valence-corrected chi connectivity index (χ2v) is 5.86. The summed E-state index contributed by atoms with van der Waals surface area (Å²) in [7, 11) is 0. The van der Waals surface area contributed by atoms with Crippen LogP contribution < -0.4 is 10.1 Å². The van der Waals surface area contributed by atoms with E-state index >= 15 is 0 Å². The van der Waals surface area contributed by atoms with E-state index in [1.165, 1.54) is 0 Å². The third-order valence-electron chi connectivity index (χ3n) is 2.80. The molecule has 0 unspecified atom stereocenters. The van der Waals surface area contributed by atoms with E-state index in [4.69, 9.17) is 4.74 Å². The van der Waals surface area contributed by atoms with E-state index < -0.39 is 0 Å². The Labute approximate surface area is 120 Å². The van der Waals surface area contributed by atoms with E-state index in [2.05, 4.69) is 33.0 Å². The number of rotatable bonds is 7. The number of nitrogens with one attached hydrogen (secondary N) is 1. The Morgan fingerprint density at radius 2 is 2.05 bits per heavy atom. The van der Waals surface area contributed by atoms with Crippen molar-refractivity contribution < 1.29 is 9.66 Å². The van der Waals surface area contributed by atoms with Crippen LogP contribution >= 0.6 is 0 Å². The number of nitrogens with zero attached hydrogens (tertiary/aromatic N) is 1. The quantitative estimate of drug-likeness (QED) is 0.470. The van der Waals surface area contributed by atoms with Crippen LogP contribution in [-0.4, -0.2) is 17.1 Å². The van der Waals surface area contributed by atoms with Crippen LogP contribution in [0.2, 0.25) is 0 Å². The first-order valence-corrected chi connectivity index (χ1v) is 6.98. The number of benzene rings is 1. The molecule has 0 aromatic heterocycles. The van der Waals surface area contributed by atoms with Crippen molar-refractivity contribution in [3.63, 3.8) is 0 Å². The van der Waals surface area contributed by atoms with Crippen LogP contribution in [0.15, 0.2) is 18.2 Å². The van der Waals surface area contributed by atoms with E-state index in [0.29, 0.717) is 18.9 Å². The van der Waals surface area contributed by atoms with Gasteiger partial charge in [-0.2, -0.15) is 0 Å². The molecule has 0 fully saturated rings. The van der Waals surface area contributed by atoms with Gasteiger partial charge in [-0.05, 0) is 38.8 Å². The minimum atomic E-state index is -0.387. The van der Waals surface area contributed by atoms with Crippen molar-refractivity contribution in [2.24, 2.45) is 0 Å². The number of unbranched alkanes of at least 4 members (excludes halogenated alkanes) is 1. The predicted octanol–water partition coefficient (Wildman–Crippen LogP) is 3.66. The summed E-state index contributed by atoms with van der Waals surface area (Å²) in [5, 5.41) is 14.4. The molecule has 5 heteroatoms. The maximum absolute atomic E-state index is 11.1. The van der Waals surface area contributed by atoms with Gasteiger partial charge in [0, 0.05) is 18.2 Å². The molecular weight excluding hydrogens is 256 g/mol. The molecule has 112 valence electrons. The van der Waals surface area contributed by atoms with Crippen molar-refractivity contribution in [3.8, 4) is 5.75 Å². The van der Waals surface area contributed by atoms with Gasteiger partial charge in [-0.25, -0.2) is 0 Å². The van der Waals surface area contributed by atoms with Crippen LogP contribution in [0.1, 0.15) is 46.1 Å². The van der Waals surface area contributed by atoms with Gasteiger partial charge >= 0.3 is 5.69 Å². The molecule has 0 radical (unpaired) electrons. The lowest BCUT2D eigenvalue weighted by atomic mass is 10.1. The monoisotopic (exact) mass is 280 g/mol. The van der Waals surface area contributed by atoms with Crippen molar-refractivity contribution in [1.82, 2.24) is 5.32 Å². The van der Waals surface area contributed by atoms with Crippen molar-refractivity contribution in [2.45, 2.75) is 52.6 Å². The summed E-state index contributed by atoms with van der Waals surface area (Å²) < 4.78 is 5.48. The second-order valence-electron chi connectivity index (χ2n) is 5.86. The van der Waals surface area contributed by atoms with Crippen LogP contribution in [0, 0.1) is 10.1 Å². The van der Waals surface area contributed by atoms with Crippen molar-refractivity contribution in [2.75, 3.05) is 6.61 Å². The van der Waals surface area contributed by atoms with Gasteiger partial charge in [0.25, 0.3) is 0 Å². The highest BCUT2D eigenvalue weighted by Crippen LogP contribution is 2.28. The third kappa shape index (κ3) is 5.57. The number of nitro benzene ring substituents is 1. The lowest BCUT2D eigenvalue weighted by Gasteiger charge is -2.20. The fraction of sp³-hybridized carbons (Fsp3) is 0.600. The zero-order valence-electron chi connectivity index (χ0n) is 12.7. The Kier molecular flexibility index (Phi) is 5.95. The highest BCUT2D eigenvalue weighted by atomic mass is 16.6. The van der Waals surface area contributed by atoms with Crippen LogP contribution in [0.5, 0.6) is 5.75 Å². The average Bonchev–Trinajstić information content (AvgIpc) is 2.36. The molecule has 0 saturated heterocycles. The Bertz CT molecular complexity index is 453. The molecule has 5 nitrogen and oxygen atoms in total. The van der Waals surface area contributed by atoms with Crippen molar-refractivity contribution >= 4 is 5.69 Å². The molecule has 0 saturated carbocycles. The normalized spacial score (nSPS) is 11.4. The van der Waals surface area contributed by atoms with Crippen LogP contribution in [0.3, 0.4) is 0 Å². The lowest BCUT2D eigenvalue weighted by Crippen LogP contribution is -2.35. The van der Waals surface area contributed by atoms with E-state index in [1.807, 2.05) is 6.07 Å². The zero-order valence-corrected chi connectivity index (χ0v) is 12.7. The number of nitro groups is 1. The summed E-state index contributed by atoms with van der Waals surface area (Å²) in [4.78, 5) is 10.7. The first kappa shape index (κ1) is 16.4. The smallest absolute Gasteiger partial charge is 0.311 e. The Hall–Kier alpha value is -1.62. The van der Waals surface area contributed by atoms with Gasteiger partial charge in [-0.15, -0.1) is 0 Å². The first-order valence-electron chi connectivity index (χ1n) is 6.98. The fourth-order valence-corrected chi connectivity index (χ4v) is 1.63. The maximum atomic E-state index is 11.1. The molecule has 0 spiro atoms. The summed E-state index contributed by atoms with van der Waals surface area (Å²) in [6.07, 6.45) is 1.89. The van der Waals surface area contributed by atoms with Crippen LogP contribution in [-0.2, 0) is 6.54 Å². The lowest BCUT2D eigenvalue weighted by molar-refractivity contribution is -0.385. The second kappa shape index (κ2) is 7.24. The number of ether oxygens (including phenoxy) is 1. The van der Waals surface area contributed by atoms with Gasteiger partial charge in [0.15, 0.2) is 5.75 Å². The van der Waals surface area contributed by atoms with E-state index in [9.17, 15) is 10.1 Å². The van der Waals surface area contributed by atoms with E-state index in [0.717, 1.165) is 18.4 Å². The van der Waals surface area contributed by atoms with Gasteiger partial charge in [0.05, 0.1) is 11.5 Å². The minimum absolute atomic E-state index is 0.0227. The molecule has 0 aliphatic heterocycles. The first-order chi connectivity index (χ1) is 9.33. The molecule has 0 aliphatic carbocycles. The molecule has 1 N–H and O–H groups in total. The maximum Gasteiger partial charge on any atom is 0.311 e. The van der Waals surface area contributed by atoms with Crippen LogP contribution in [0.25, 0.3) is 0 Å².